The Labute approximate surface area is 128 Å². The second-order valence-electron chi connectivity index (χ2n) is 5.45. The highest BCUT2D eigenvalue weighted by Gasteiger charge is 2.29. The Morgan fingerprint density at radius 3 is 2.90 bits per heavy atom. The maximum Gasteiger partial charge on any atom is 0.264 e. The SMILES string of the molecule is Cc1csc(C(=O)N2CCO[C@@H](c3nc(C)cn3C)C2)c1. The zero-order valence-corrected chi connectivity index (χ0v) is 13.3. The van der Waals surface area contributed by atoms with Gasteiger partial charge in [-0.1, -0.05) is 0 Å². The molecule has 2 aromatic heterocycles. The summed E-state index contributed by atoms with van der Waals surface area (Å²) in [5.41, 5.74) is 2.10. The molecular formula is C15H19N3O2S. The summed E-state index contributed by atoms with van der Waals surface area (Å²) in [6.07, 6.45) is 1.82. The van der Waals surface area contributed by atoms with Gasteiger partial charge in [0.2, 0.25) is 0 Å². The van der Waals surface area contributed by atoms with Crippen LogP contribution >= 0.6 is 11.3 Å². The summed E-state index contributed by atoms with van der Waals surface area (Å²) in [6, 6.07) is 1.95. The first-order valence-electron chi connectivity index (χ1n) is 7.00. The maximum atomic E-state index is 12.5. The van der Waals surface area contributed by atoms with Gasteiger partial charge in [-0.25, -0.2) is 4.98 Å². The van der Waals surface area contributed by atoms with E-state index in [1.807, 2.05) is 48.0 Å². The van der Waals surface area contributed by atoms with E-state index in [9.17, 15) is 4.79 Å². The highest BCUT2D eigenvalue weighted by Crippen LogP contribution is 2.24. The molecule has 0 unspecified atom stereocenters. The van der Waals surface area contributed by atoms with Gasteiger partial charge in [0.05, 0.1) is 23.7 Å². The van der Waals surface area contributed by atoms with E-state index < -0.39 is 0 Å². The van der Waals surface area contributed by atoms with E-state index in [-0.39, 0.29) is 12.0 Å². The number of ether oxygens (including phenoxy) is 1. The van der Waals surface area contributed by atoms with Gasteiger partial charge in [0.15, 0.2) is 0 Å². The van der Waals surface area contributed by atoms with Crippen LogP contribution in [0.2, 0.25) is 0 Å². The number of carbonyl (C=O) groups excluding carboxylic acids is 1. The summed E-state index contributed by atoms with van der Waals surface area (Å²) >= 11 is 1.50. The molecule has 1 aliphatic heterocycles. The number of aryl methyl sites for hydroxylation is 3. The number of imidazole rings is 1. The van der Waals surface area contributed by atoms with Gasteiger partial charge in [0.25, 0.3) is 5.91 Å². The number of hydrogen-bond acceptors (Lipinski definition) is 4. The number of thiophene rings is 1. The van der Waals surface area contributed by atoms with Crippen molar-refractivity contribution in [2.24, 2.45) is 7.05 Å². The van der Waals surface area contributed by atoms with Crippen LogP contribution in [0.4, 0.5) is 0 Å². The third kappa shape index (κ3) is 2.87. The van der Waals surface area contributed by atoms with E-state index in [0.29, 0.717) is 19.7 Å². The second kappa shape index (κ2) is 5.61. The number of morpholine rings is 1. The van der Waals surface area contributed by atoms with Gasteiger partial charge >= 0.3 is 0 Å². The van der Waals surface area contributed by atoms with Crippen LogP contribution in [0, 0.1) is 13.8 Å². The lowest BCUT2D eigenvalue weighted by Gasteiger charge is -2.32. The van der Waals surface area contributed by atoms with Crippen molar-refractivity contribution < 1.29 is 9.53 Å². The van der Waals surface area contributed by atoms with Gasteiger partial charge in [0.1, 0.15) is 11.9 Å². The highest BCUT2D eigenvalue weighted by atomic mass is 32.1. The molecule has 21 heavy (non-hydrogen) atoms. The molecule has 1 atom stereocenters. The molecular weight excluding hydrogens is 286 g/mol. The highest BCUT2D eigenvalue weighted by molar-refractivity contribution is 7.12. The fourth-order valence-corrected chi connectivity index (χ4v) is 3.49. The van der Waals surface area contributed by atoms with Gasteiger partial charge in [-0.3, -0.25) is 4.79 Å². The topological polar surface area (TPSA) is 47.4 Å². The van der Waals surface area contributed by atoms with Crippen molar-refractivity contribution >= 4 is 17.2 Å². The number of amides is 1. The average molecular weight is 305 g/mol. The van der Waals surface area contributed by atoms with Crippen molar-refractivity contribution in [3.8, 4) is 0 Å². The minimum atomic E-state index is -0.151. The molecule has 1 saturated heterocycles. The van der Waals surface area contributed by atoms with Crippen LogP contribution in [0.5, 0.6) is 0 Å². The van der Waals surface area contributed by atoms with Crippen molar-refractivity contribution in [3.05, 3.63) is 39.6 Å². The van der Waals surface area contributed by atoms with E-state index in [1.54, 1.807) is 0 Å². The summed E-state index contributed by atoms with van der Waals surface area (Å²) in [5, 5.41) is 2.01. The molecule has 112 valence electrons. The normalized spacial score (nSPS) is 19.0. The zero-order valence-electron chi connectivity index (χ0n) is 12.5. The minimum absolute atomic E-state index is 0.0901. The van der Waals surface area contributed by atoms with E-state index in [1.165, 1.54) is 11.3 Å². The van der Waals surface area contributed by atoms with E-state index in [0.717, 1.165) is 22.0 Å². The van der Waals surface area contributed by atoms with Gasteiger partial charge in [0, 0.05) is 19.8 Å². The van der Waals surface area contributed by atoms with Crippen molar-refractivity contribution in [2.75, 3.05) is 19.7 Å². The molecule has 6 heteroatoms. The molecule has 1 aliphatic rings. The predicted molar refractivity (Wildman–Crippen MR) is 81.6 cm³/mol. The number of carbonyl (C=O) groups is 1. The summed E-state index contributed by atoms with van der Waals surface area (Å²) in [5.74, 6) is 0.972. The lowest BCUT2D eigenvalue weighted by molar-refractivity contribution is -0.0277. The Balaban J connectivity index is 1.77. The third-order valence-electron chi connectivity index (χ3n) is 3.62. The lowest BCUT2D eigenvalue weighted by atomic mass is 10.2. The molecule has 0 bridgehead atoms. The van der Waals surface area contributed by atoms with Crippen LogP contribution in [0.25, 0.3) is 0 Å². The Morgan fingerprint density at radius 2 is 2.29 bits per heavy atom. The molecule has 2 aromatic rings. The van der Waals surface area contributed by atoms with Gasteiger partial charge < -0.3 is 14.2 Å². The fourth-order valence-electron chi connectivity index (χ4n) is 2.62. The smallest absolute Gasteiger partial charge is 0.264 e. The van der Waals surface area contributed by atoms with Crippen LogP contribution in [-0.2, 0) is 11.8 Å². The Morgan fingerprint density at radius 1 is 1.48 bits per heavy atom. The number of rotatable bonds is 2. The van der Waals surface area contributed by atoms with Gasteiger partial charge in [-0.2, -0.15) is 0 Å². The fraction of sp³-hybridized carbons (Fsp3) is 0.467. The summed E-state index contributed by atoms with van der Waals surface area (Å²) < 4.78 is 7.78. The monoisotopic (exact) mass is 305 g/mol. The molecule has 0 aromatic carbocycles. The number of aromatic nitrogens is 2. The quantitative estimate of drug-likeness (QED) is 0.855. The number of hydrogen-bond donors (Lipinski definition) is 0. The molecule has 0 N–H and O–H groups in total. The first-order chi connectivity index (χ1) is 10.0. The Bertz CT molecular complexity index is 662. The van der Waals surface area contributed by atoms with E-state index in [4.69, 9.17) is 4.74 Å². The average Bonchev–Trinajstić information content (AvgIpc) is 3.04. The molecule has 0 saturated carbocycles. The molecule has 3 heterocycles. The molecule has 1 amide bonds. The number of nitrogens with zero attached hydrogens (tertiary/aromatic N) is 3. The molecule has 5 nitrogen and oxygen atoms in total. The summed E-state index contributed by atoms with van der Waals surface area (Å²) in [7, 11) is 1.96. The van der Waals surface area contributed by atoms with Gasteiger partial charge in [-0.15, -0.1) is 11.3 Å². The van der Waals surface area contributed by atoms with Crippen molar-refractivity contribution in [1.82, 2.24) is 14.5 Å². The van der Waals surface area contributed by atoms with Crippen LogP contribution in [0.1, 0.15) is 32.9 Å². The Kier molecular flexibility index (Phi) is 3.82. The standard InChI is InChI=1S/C15H19N3O2S/c1-10-6-13(21-9-10)15(19)18-4-5-20-12(8-18)14-16-11(2)7-17(14)3/h6-7,9,12H,4-5,8H2,1-3H3/t12-/m1/s1. The van der Waals surface area contributed by atoms with Crippen LogP contribution in [-0.4, -0.2) is 40.1 Å². The molecule has 0 aliphatic carbocycles. The molecule has 0 radical (unpaired) electrons. The summed E-state index contributed by atoms with van der Waals surface area (Å²) in [4.78, 5) is 19.7. The first-order valence-corrected chi connectivity index (χ1v) is 7.88. The summed E-state index contributed by atoms with van der Waals surface area (Å²) in [6.45, 7) is 5.71. The zero-order chi connectivity index (χ0) is 15.0. The van der Waals surface area contributed by atoms with Crippen molar-refractivity contribution in [3.63, 3.8) is 0 Å². The van der Waals surface area contributed by atoms with E-state index in [2.05, 4.69) is 4.98 Å². The Hall–Kier alpha value is -1.66. The van der Waals surface area contributed by atoms with Crippen molar-refractivity contribution in [1.29, 1.82) is 0 Å². The van der Waals surface area contributed by atoms with Crippen molar-refractivity contribution in [2.45, 2.75) is 20.0 Å². The largest absolute Gasteiger partial charge is 0.367 e. The molecule has 1 fully saturated rings. The first kappa shape index (κ1) is 14.3. The van der Waals surface area contributed by atoms with Crippen LogP contribution < -0.4 is 0 Å². The minimum Gasteiger partial charge on any atom is -0.367 e. The second-order valence-corrected chi connectivity index (χ2v) is 6.36. The van der Waals surface area contributed by atoms with Crippen LogP contribution in [0.15, 0.2) is 17.6 Å². The molecule has 0 spiro atoms. The van der Waals surface area contributed by atoms with Crippen LogP contribution in [0.3, 0.4) is 0 Å². The van der Waals surface area contributed by atoms with Gasteiger partial charge in [-0.05, 0) is 30.9 Å². The third-order valence-corrected chi connectivity index (χ3v) is 4.65. The lowest BCUT2D eigenvalue weighted by Crippen LogP contribution is -2.42. The molecule has 3 rings (SSSR count). The van der Waals surface area contributed by atoms with E-state index >= 15 is 0 Å². The predicted octanol–water partition coefficient (Wildman–Crippen LogP) is 2.31. The maximum absolute atomic E-state index is 12.5.